The van der Waals surface area contributed by atoms with Crippen molar-refractivity contribution in [2.45, 2.75) is 45.4 Å². The number of benzene rings is 1. The minimum Gasteiger partial charge on any atom is -0.458 e. The summed E-state index contributed by atoms with van der Waals surface area (Å²) in [6.45, 7) is 6.00. The lowest BCUT2D eigenvalue weighted by molar-refractivity contribution is 0.104. The van der Waals surface area contributed by atoms with Crippen LogP contribution < -0.4 is 10.5 Å². The number of hydrogen-bond donors (Lipinski definition) is 2. The van der Waals surface area contributed by atoms with E-state index in [2.05, 4.69) is 43.7 Å². The molecule has 154 valence electrons. The Morgan fingerprint density at radius 3 is 2.41 bits per heavy atom. The number of aliphatic hydroxyl groups is 1. The second kappa shape index (κ2) is 8.80. The van der Waals surface area contributed by atoms with Gasteiger partial charge < -0.3 is 20.1 Å². The largest absolute Gasteiger partial charge is 0.458 e. The van der Waals surface area contributed by atoms with Crippen molar-refractivity contribution < 1.29 is 9.84 Å². The Hall–Kier alpha value is -2.64. The highest BCUT2D eigenvalue weighted by atomic mass is 16.5. The number of ether oxygens (including phenoxy) is 1. The van der Waals surface area contributed by atoms with Gasteiger partial charge in [0.15, 0.2) is 0 Å². The Bertz CT molecular complexity index is 944. The summed E-state index contributed by atoms with van der Waals surface area (Å²) < 4.78 is 7.74. The van der Waals surface area contributed by atoms with Crippen LogP contribution in [0.3, 0.4) is 0 Å². The highest BCUT2D eigenvalue weighted by Gasteiger charge is 2.15. The first-order chi connectivity index (χ1) is 14.2. The Labute approximate surface area is 171 Å². The lowest BCUT2D eigenvalue weighted by Crippen LogP contribution is -2.21. The molecule has 0 saturated carbocycles. The zero-order chi connectivity index (χ0) is 20.2. The van der Waals surface area contributed by atoms with Gasteiger partial charge >= 0.3 is 6.01 Å². The fourth-order valence-electron chi connectivity index (χ4n) is 3.79. The van der Waals surface area contributed by atoms with E-state index in [0.717, 1.165) is 17.6 Å². The summed E-state index contributed by atoms with van der Waals surface area (Å²) in [5.74, 6) is 0.387. The molecular weight excluding hydrogens is 366 g/mol. The maximum atomic E-state index is 9.37. The third kappa shape index (κ3) is 4.52. The van der Waals surface area contributed by atoms with E-state index in [1.807, 2.05) is 19.2 Å². The van der Waals surface area contributed by atoms with Gasteiger partial charge in [-0.15, -0.1) is 0 Å². The number of nitrogen functional groups attached to an aromatic ring is 1. The standard InChI is InChI=1S/C22H29N5O2/c1-2-18(15-28)29-22-24-20(23)19-9-12-27(21(19)25-22)14-17-7-5-16(6-8-17)13-26-10-3-4-11-26/h5-9,12,18,28H,2-4,10-11,13-15H2,1H3,(H2,23,24,25)/t18-/m1/s1. The van der Waals surface area contributed by atoms with E-state index in [9.17, 15) is 5.11 Å². The summed E-state index contributed by atoms with van der Waals surface area (Å²) in [6, 6.07) is 10.9. The van der Waals surface area contributed by atoms with Crippen LogP contribution >= 0.6 is 0 Å². The van der Waals surface area contributed by atoms with Gasteiger partial charge in [0.1, 0.15) is 17.6 Å². The number of rotatable bonds is 8. The van der Waals surface area contributed by atoms with Crippen LogP contribution in [0, 0.1) is 0 Å². The van der Waals surface area contributed by atoms with E-state index in [4.69, 9.17) is 10.5 Å². The zero-order valence-electron chi connectivity index (χ0n) is 16.9. The second-order valence-corrected chi connectivity index (χ2v) is 7.70. The Kier molecular flexibility index (Phi) is 5.97. The molecule has 0 radical (unpaired) electrons. The number of anilines is 1. The van der Waals surface area contributed by atoms with Gasteiger partial charge in [-0.2, -0.15) is 9.97 Å². The molecule has 3 aromatic rings. The molecule has 1 saturated heterocycles. The summed E-state index contributed by atoms with van der Waals surface area (Å²) >= 11 is 0. The Morgan fingerprint density at radius 1 is 1.07 bits per heavy atom. The van der Waals surface area contributed by atoms with Crippen LogP contribution in [0.5, 0.6) is 6.01 Å². The van der Waals surface area contributed by atoms with Gasteiger partial charge in [-0.1, -0.05) is 31.2 Å². The van der Waals surface area contributed by atoms with Crippen LogP contribution in [-0.4, -0.2) is 50.3 Å². The maximum absolute atomic E-state index is 9.37. The predicted octanol–water partition coefficient (Wildman–Crippen LogP) is 2.81. The van der Waals surface area contributed by atoms with Crippen LogP contribution in [0.15, 0.2) is 36.5 Å². The third-order valence-electron chi connectivity index (χ3n) is 5.54. The van der Waals surface area contributed by atoms with E-state index in [-0.39, 0.29) is 18.7 Å². The summed E-state index contributed by atoms with van der Waals surface area (Å²) in [7, 11) is 0. The molecular formula is C22H29N5O2. The van der Waals surface area contributed by atoms with Crippen molar-refractivity contribution in [2.24, 2.45) is 0 Å². The minimum absolute atomic E-state index is 0.0808. The molecule has 7 heteroatoms. The van der Waals surface area contributed by atoms with Gasteiger partial charge in [0, 0.05) is 19.3 Å². The molecule has 1 fully saturated rings. The summed E-state index contributed by atoms with van der Waals surface area (Å²) in [4.78, 5) is 11.3. The topological polar surface area (TPSA) is 89.4 Å². The first-order valence-electron chi connectivity index (χ1n) is 10.4. The predicted molar refractivity (Wildman–Crippen MR) is 114 cm³/mol. The fourth-order valence-corrected chi connectivity index (χ4v) is 3.79. The van der Waals surface area contributed by atoms with E-state index in [1.165, 1.54) is 37.1 Å². The van der Waals surface area contributed by atoms with Crippen molar-refractivity contribution in [3.63, 3.8) is 0 Å². The van der Waals surface area contributed by atoms with E-state index in [1.54, 1.807) is 0 Å². The van der Waals surface area contributed by atoms with Gasteiger partial charge in [-0.05, 0) is 49.5 Å². The normalized spacial score (nSPS) is 15.8. The summed E-state index contributed by atoms with van der Waals surface area (Å²) in [5.41, 5.74) is 9.40. The number of nitrogens with two attached hydrogens (primary N) is 1. The van der Waals surface area contributed by atoms with Crippen molar-refractivity contribution in [2.75, 3.05) is 25.4 Å². The molecule has 1 atom stereocenters. The Balaban J connectivity index is 1.52. The molecule has 3 heterocycles. The molecule has 0 bridgehead atoms. The van der Waals surface area contributed by atoms with E-state index in [0.29, 0.717) is 18.8 Å². The van der Waals surface area contributed by atoms with E-state index < -0.39 is 0 Å². The van der Waals surface area contributed by atoms with Crippen LogP contribution in [-0.2, 0) is 13.1 Å². The van der Waals surface area contributed by atoms with Gasteiger partial charge in [0.05, 0.1) is 12.0 Å². The molecule has 0 spiro atoms. The fraction of sp³-hybridized carbons (Fsp3) is 0.455. The number of aromatic nitrogens is 3. The van der Waals surface area contributed by atoms with Crippen molar-refractivity contribution in [1.82, 2.24) is 19.4 Å². The highest BCUT2D eigenvalue weighted by molar-refractivity contribution is 5.86. The smallest absolute Gasteiger partial charge is 0.320 e. The van der Waals surface area contributed by atoms with Gasteiger partial charge in [-0.3, -0.25) is 4.90 Å². The Morgan fingerprint density at radius 2 is 1.76 bits per heavy atom. The molecule has 0 aliphatic carbocycles. The van der Waals surface area contributed by atoms with Crippen LogP contribution in [0.25, 0.3) is 11.0 Å². The van der Waals surface area contributed by atoms with E-state index >= 15 is 0 Å². The molecule has 2 aromatic heterocycles. The third-order valence-corrected chi connectivity index (χ3v) is 5.54. The first kappa shape index (κ1) is 19.7. The molecule has 0 amide bonds. The van der Waals surface area contributed by atoms with Crippen LogP contribution in [0.2, 0.25) is 0 Å². The molecule has 1 aliphatic rings. The second-order valence-electron chi connectivity index (χ2n) is 7.70. The highest BCUT2D eigenvalue weighted by Crippen LogP contribution is 2.23. The molecule has 0 unspecified atom stereocenters. The number of fused-ring (bicyclic) bond motifs is 1. The molecule has 3 N–H and O–H groups in total. The lowest BCUT2D eigenvalue weighted by Gasteiger charge is -2.15. The van der Waals surface area contributed by atoms with Gasteiger partial charge in [0.25, 0.3) is 0 Å². The first-order valence-corrected chi connectivity index (χ1v) is 10.4. The minimum atomic E-state index is -0.335. The van der Waals surface area contributed by atoms with Crippen molar-refractivity contribution in [3.05, 3.63) is 47.7 Å². The molecule has 7 nitrogen and oxygen atoms in total. The van der Waals surface area contributed by atoms with Crippen molar-refractivity contribution in [1.29, 1.82) is 0 Å². The molecule has 1 aliphatic heterocycles. The molecule has 4 rings (SSSR count). The van der Waals surface area contributed by atoms with Gasteiger partial charge in [-0.25, -0.2) is 0 Å². The lowest BCUT2D eigenvalue weighted by atomic mass is 10.1. The number of likely N-dealkylation sites (tertiary alicyclic amines) is 1. The number of nitrogens with zero attached hydrogens (tertiary/aromatic N) is 4. The number of hydrogen-bond acceptors (Lipinski definition) is 6. The molecule has 29 heavy (non-hydrogen) atoms. The monoisotopic (exact) mass is 395 g/mol. The molecule has 1 aromatic carbocycles. The zero-order valence-corrected chi connectivity index (χ0v) is 16.9. The summed E-state index contributed by atoms with van der Waals surface area (Å²) in [6.07, 6.45) is 4.93. The quantitative estimate of drug-likeness (QED) is 0.610. The number of aliphatic hydroxyl groups excluding tert-OH is 1. The van der Waals surface area contributed by atoms with Gasteiger partial charge in [0.2, 0.25) is 0 Å². The average molecular weight is 396 g/mol. The van der Waals surface area contributed by atoms with Crippen molar-refractivity contribution in [3.8, 4) is 6.01 Å². The van der Waals surface area contributed by atoms with Crippen LogP contribution in [0.4, 0.5) is 5.82 Å². The summed E-state index contributed by atoms with van der Waals surface area (Å²) in [5, 5.41) is 10.2. The van der Waals surface area contributed by atoms with Crippen molar-refractivity contribution >= 4 is 16.9 Å². The maximum Gasteiger partial charge on any atom is 0.320 e. The average Bonchev–Trinajstić information content (AvgIpc) is 3.38. The SMILES string of the molecule is CC[C@H](CO)Oc1nc(N)c2ccn(Cc3ccc(CN4CCCC4)cc3)c2n1. The van der Waals surface area contributed by atoms with Crippen LogP contribution in [0.1, 0.15) is 37.3 Å².